The van der Waals surface area contributed by atoms with Gasteiger partial charge < -0.3 is 5.11 Å². The van der Waals surface area contributed by atoms with Crippen LogP contribution in [0.3, 0.4) is 0 Å². The van der Waals surface area contributed by atoms with Gasteiger partial charge in [-0.3, -0.25) is 4.79 Å². The number of carboxylic acids is 1. The average Bonchev–Trinajstić information content (AvgIpc) is 2.18. The Hall–Kier alpha value is -1.31. The van der Waals surface area contributed by atoms with Gasteiger partial charge in [0.1, 0.15) is 0 Å². The molecular formula is C13H18O2. The van der Waals surface area contributed by atoms with E-state index in [4.69, 9.17) is 5.11 Å². The Morgan fingerprint density at radius 1 is 1.40 bits per heavy atom. The van der Waals surface area contributed by atoms with Gasteiger partial charge in [-0.25, -0.2) is 0 Å². The fourth-order valence-corrected chi connectivity index (χ4v) is 1.77. The summed E-state index contributed by atoms with van der Waals surface area (Å²) in [7, 11) is 0. The lowest BCUT2D eigenvalue weighted by molar-refractivity contribution is -0.136. The summed E-state index contributed by atoms with van der Waals surface area (Å²) in [5.41, 5.74) is 3.28. The Bertz CT molecular complexity index is 342. The van der Waals surface area contributed by atoms with E-state index in [-0.39, 0.29) is 6.42 Å². The number of benzene rings is 1. The van der Waals surface area contributed by atoms with Crippen molar-refractivity contribution >= 4 is 5.97 Å². The van der Waals surface area contributed by atoms with E-state index in [2.05, 4.69) is 6.92 Å². The van der Waals surface area contributed by atoms with Crippen LogP contribution in [0, 0.1) is 6.92 Å². The van der Waals surface area contributed by atoms with Gasteiger partial charge in [-0.2, -0.15) is 0 Å². The Morgan fingerprint density at radius 2 is 2.13 bits per heavy atom. The second kappa shape index (κ2) is 5.54. The highest BCUT2D eigenvalue weighted by molar-refractivity contribution is 5.71. The monoisotopic (exact) mass is 206 g/mol. The molecule has 0 fully saturated rings. The summed E-state index contributed by atoms with van der Waals surface area (Å²) in [6.45, 7) is 4.13. The molecule has 0 saturated heterocycles. The van der Waals surface area contributed by atoms with Crippen LogP contribution in [0.4, 0.5) is 0 Å². The maximum atomic E-state index is 10.7. The molecule has 0 aliphatic heterocycles. The van der Waals surface area contributed by atoms with Gasteiger partial charge in [0.05, 0.1) is 6.42 Å². The van der Waals surface area contributed by atoms with E-state index in [1.807, 2.05) is 25.1 Å². The molecule has 0 radical (unpaired) electrons. The van der Waals surface area contributed by atoms with E-state index in [1.165, 1.54) is 5.56 Å². The molecule has 15 heavy (non-hydrogen) atoms. The third kappa shape index (κ3) is 3.39. The molecule has 1 N–H and O–H groups in total. The van der Waals surface area contributed by atoms with Crippen LogP contribution in [0.15, 0.2) is 18.2 Å². The molecule has 1 aromatic carbocycles. The van der Waals surface area contributed by atoms with Crippen LogP contribution in [0.25, 0.3) is 0 Å². The topological polar surface area (TPSA) is 37.3 Å². The van der Waals surface area contributed by atoms with Crippen molar-refractivity contribution in [3.05, 3.63) is 34.9 Å². The molecule has 0 unspecified atom stereocenters. The number of hydrogen-bond donors (Lipinski definition) is 1. The summed E-state index contributed by atoms with van der Waals surface area (Å²) < 4.78 is 0. The van der Waals surface area contributed by atoms with Crippen LogP contribution < -0.4 is 0 Å². The molecule has 2 heteroatoms. The van der Waals surface area contributed by atoms with E-state index in [9.17, 15) is 4.79 Å². The van der Waals surface area contributed by atoms with Crippen molar-refractivity contribution in [2.75, 3.05) is 0 Å². The number of hydrogen-bond acceptors (Lipinski definition) is 1. The quantitative estimate of drug-likeness (QED) is 0.804. The fourth-order valence-electron chi connectivity index (χ4n) is 1.77. The van der Waals surface area contributed by atoms with Crippen molar-refractivity contribution in [2.45, 2.75) is 39.5 Å². The highest BCUT2D eigenvalue weighted by atomic mass is 16.4. The molecule has 2 nitrogen and oxygen atoms in total. The zero-order valence-corrected chi connectivity index (χ0v) is 9.42. The molecule has 1 aromatic rings. The molecule has 0 saturated carbocycles. The number of aliphatic carboxylic acids is 1. The molecule has 0 atom stereocenters. The SMILES string of the molecule is CCCCc1cccc(C)c1CC(=O)O. The number of carbonyl (C=O) groups is 1. The second-order valence-electron chi connectivity index (χ2n) is 3.89. The fraction of sp³-hybridized carbons (Fsp3) is 0.462. The molecule has 0 spiro atoms. The van der Waals surface area contributed by atoms with Crippen molar-refractivity contribution in [3.8, 4) is 0 Å². The third-order valence-corrected chi connectivity index (χ3v) is 2.63. The highest BCUT2D eigenvalue weighted by Crippen LogP contribution is 2.17. The lowest BCUT2D eigenvalue weighted by atomic mass is 9.96. The summed E-state index contributed by atoms with van der Waals surface area (Å²) in [5.74, 6) is -0.748. The molecule has 0 aromatic heterocycles. The first kappa shape index (κ1) is 11.8. The van der Waals surface area contributed by atoms with Gasteiger partial charge in [0.2, 0.25) is 0 Å². The largest absolute Gasteiger partial charge is 0.481 e. The van der Waals surface area contributed by atoms with Crippen LogP contribution in [-0.4, -0.2) is 11.1 Å². The maximum absolute atomic E-state index is 10.7. The molecule has 1 rings (SSSR count). The maximum Gasteiger partial charge on any atom is 0.307 e. The second-order valence-corrected chi connectivity index (χ2v) is 3.89. The molecule has 0 heterocycles. The van der Waals surface area contributed by atoms with Crippen molar-refractivity contribution < 1.29 is 9.90 Å². The molecule has 0 amide bonds. The van der Waals surface area contributed by atoms with Crippen molar-refractivity contribution in [1.82, 2.24) is 0 Å². The first-order valence-electron chi connectivity index (χ1n) is 5.44. The van der Waals surface area contributed by atoms with Gasteiger partial charge in [0.25, 0.3) is 0 Å². The zero-order chi connectivity index (χ0) is 11.3. The lowest BCUT2D eigenvalue weighted by Crippen LogP contribution is -2.05. The van der Waals surface area contributed by atoms with Crippen LogP contribution >= 0.6 is 0 Å². The minimum atomic E-state index is -0.748. The van der Waals surface area contributed by atoms with Crippen LogP contribution in [0.1, 0.15) is 36.5 Å². The van der Waals surface area contributed by atoms with E-state index in [0.717, 1.165) is 30.4 Å². The summed E-state index contributed by atoms with van der Waals surface area (Å²) in [4.78, 5) is 10.7. The van der Waals surface area contributed by atoms with Gasteiger partial charge in [-0.05, 0) is 36.5 Å². The number of unbranched alkanes of at least 4 members (excludes halogenated alkanes) is 1. The van der Waals surface area contributed by atoms with Gasteiger partial charge >= 0.3 is 5.97 Å². The Labute approximate surface area is 90.9 Å². The lowest BCUT2D eigenvalue weighted by Gasteiger charge is -2.10. The standard InChI is InChI=1S/C13H18O2/c1-3-4-7-11-8-5-6-10(2)12(11)9-13(14)15/h5-6,8H,3-4,7,9H2,1-2H3,(H,14,15). The van der Waals surface area contributed by atoms with Crippen LogP contribution in [0.2, 0.25) is 0 Å². The Balaban J connectivity index is 2.92. The van der Waals surface area contributed by atoms with Gasteiger partial charge in [0, 0.05) is 0 Å². The molecular weight excluding hydrogens is 188 g/mol. The van der Waals surface area contributed by atoms with Crippen molar-refractivity contribution in [2.24, 2.45) is 0 Å². The molecule has 0 bridgehead atoms. The predicted molar refractivity (Wildman–Crippen MR) is 61.1 cm³/mol. The average molecular weight is 206 g/mol. The summed E-state index contributed by atoms with van der Waals surface area (Å²) >= 11 is 0. The Morgan fingerprint density at radius 3 is 2.73 bits per heavy atom. The molecule has 0 aliphatic rings. The number of aryl methyl sites for hydroxylation is 2. The van der Waals surface area contributed by atoms with Crippen molar-refractivity contribution in [1.29, 1.82) is 0 Å². The smallest absolute Gasteiger partial charge is 0.307 e. The van der Waals surface area contributed by atoms with Gasteiger partial charge in [0.15, 0.2) is 0 Å². The highest BCUT2D eigenvalue weighted by Gasteiger charge is 2.08. The molecule has 0 aliphatic carbocycles. The summed E-state index contributed by atoms with van der Waals surface area (Å²) in [6, 6.07) is 6.03. The molecule has 82 valence electrons. The first-order valence-corrected chi connectivity index (χ1v) is 5.44. The van der Waals surface area contributed by atoms with Gasteiger partial charge in [-0.15, -0.1) is 0 Å². The minimum Gasteiger partial charge on any atom is -0.481 e. The zero-order valence-electron chi connectivity index (χ0n) is 9.42. The summed E-state index contributed by atoms with van der Waals surface area (Å²) in [5, 5.41) is 8.84. The predicted octanol–water partition coefficient (Wildman–Crippen LogP) is 2.96. The van der Waals surface area contributed by atoms with E-state index in [0.29, 0.717) is 0 Å². The van der Waals surface area contributed by atoms with Crippen molar-refractivity contribution in [3.63, 3.8) is 0 Å². The van der Waals surface area contributed by atoms with Crippen LogP contribution in [-0.2, 0) is 17.6 Å². The van der Waals surface area contributed by atoms with E-state index >= 15 is 0 Å². The third-order valence-electron chi connectivity index (χ3n) is 2.63. The van der Waals surface area contributed by atoms with E-state index < -0.39 is 5.97 Å². The number of carboxylic acid groups (broad SMARTS) is 1. The summed E-state index contributed by atoms with van der Waals surface area (Å²) in [6.07, 6.45) is 3.39. The van der Waals surface area contributed by atoms with E-state index in [1.54, 1.807) is 0 Å². The number of rotatable bonds is 5. The van der Waals surface area contributed by atoms with Crippen LogP contribution in [0.5, 0.6) is 0 Å². The Kier molecular flexibility index (Phi) is 4.35. The first-order chi connectivity index (χ1) is 7.15. The van der Waals surface area contributed by atoms with Gasteiger partial charge in [-0.1, -0.05) is 31.5 Å². The normalized spacial score (nSPS) is 10.3. The minimum absolute atomic E-state index is 0.145.